The van der Waals surface area contributed by atoms with Gasteiger partial charge in [0, 0.05) is 0 Å². The molecule has 0 aliphatic heterocycles. The van der Waals surface area contributed by atoms with Crippen molar-refractivity contribution in [2.75, 3.05) is 59.5 Å². The predicted molar refractivity (Wildman–Crippen MR) is 77.0 cm³/mol. The average Bonchev–Trinajstić information content (AvgIpc) is 3.04. The number of aromatic nitrogens is 3. The maximum atomic E-state index is 10.2. The molecule has 0 saturated carbocycles. The van der Waals surface area contributed by atoms with Gasteiger partial charge in [0.1, 0.15) is 12.3 Å². The topological polar surface area (TPSA) is 125 Å². The van der Waals surface area contributed by atoms with Crippen molar-refractivity contribution in [2.24, 2.45) is 0 Å². The Morgan fingerprint density at radius 2 is 1.43 bits per heavy atom. The van der Waals surface area contributed by atoms with Crippen molar-refractivity contribution >= 4 is 5.97 Å². The number of carboxylic acids is 1. The van der Waals surface area contributed by atoms with Crippen LogP contribution in [0.1, 0.15) is 5.69 Å². The summed E-state index contributed by atoms with van der Waals surface area (Å²) in [5.74, 6) is -0.989. The van der Waals surface area contributed by atoms with Crippen molar-refractivity contribution in [3.05, 3.63) is 11.9 Å². The van der Waals surface area contributed by atoms with E-state index in [1.807, 2.05) is 0 Å². The Morgan fingerprint density at radius 1 is 0.913 bits per heavy atom. The summed E-state index contributed by atoms with van der Waals surface area (Å²) in [6, 6.07) is 0. The van der Waals surface area contributed by atoms with Crippen LogP contribution in [0.15, 0.2) is 6.20 Å². The minimum absolute atomic E-state index is 0.254. The Bertz CT molecular complexity index is 389. The molecule has 132 valence electrons. The van der Waals surface area contributed by atoms with Crippen molar-refractivity contribution in [1.82, 2.24) is 15.4 Å². The normalized spacial score (nSPS) is 11.0. The molecule has 1 aromatic rings. The molecule has 0 radical (unpaired) electrons. The molecular formula is C13H23N3O7. The van der Waals surface area contributed by atoms with Gasteiger partial charge in [-0.05, 0) is 0 Å². The fourth-order valence-electron chi connectivity index (χ4n) is 1.41. The fourth-order valence-corrected chi connectivity index (χ4v) is 1.41. The van der Waals surface area contributed by atoms with E-state index in [0.717, 1.165) is 5.69 Å². The van der Waals surface area contributed by atoms with Gasteiger partial charge in [-0.25, -0.2) is 4.79 Å². The van der Waals surface area contributed by atoms with Gasteiger partial charge in [0.05, 0.1) is 65.7 Å². The molecule has 0 unspecified atom stereocenters. The molecule has 1 rings (SSSR count). The lowest BCUT2D eigenvalue weighted by Gasteiger charge is -2.07. The van der Waals surface area contributed by atoms with E-state index in [4.69, 9.17) is 28.8 Å². The molecule has 0 fully saturated rings. The summed E-state index contributed by atoms with van der Waals surface area (Å²) in [7, 11) is 0. The van der Waals surface area contributed by atoms with Crippen LogP contribution in [-0.4, -0.2) is 85.9 Å². The van der Waals surface area contributed by atoms with E-state index >= 15 is 0 Å². The van der Waals surface area contributed by atoms with Crippen LogP contribution in [-0.2, 0) is 35.1 Å². The molecule has 0 aliphatic carbocycles. The first-order chi connectivity index (χ1) is 11.3. The zero-order chi connectivity index (χ0) is 16.6. The summed E-state index contributed by atoms with van der Waals surface area (Å²) in [6.45, 7) is 3.49. The Kier molecular flexibility index (Phi) is 11.9. The number of H-pyrrole nitrogens is 1. The van der Waals surface area contributed by atoms with E-state index in [-0.39, 0.29) is 13.2 Å². The highest BCUT2D eigenvalue weighted by molar-refractivity contribution is 5.67. The zero-order valence-corrected chi connectivity index (χ0v) is 12.9. The molecule has 1 aromatic heterocycles. The number of nitrogens with zero attached hydrogens (tertiary/aromatic N) is 2. The van der Waals surface area contributed by atoms with Crippen LogP contribution in [0.25, 0.3) is 0 Å². The highest BCUT2D eigenvalue weighted by Gasteiger charge is 1.97. The van der Waals surface area contributed by atoms with Gasteiger partial charge in [-0.3, -0.25) is 0 Å². The molecule has 0 aromatic carbocycles. The standard InChI is InChI=1S/C13H23N3O7/c17-13(18)11-23-8-6-21-4-2-19-1-3-20-5-7-22-10-12-9-14-16-15-12/h9H,1-8,10-11H2,(H,17,18)(H,14,15,16). The molecule has 10 nitrogen and oxygen atoms in total. The lowest BCUT2D eigenvalue weighted by atomic mass is 10.5. The van der Waals surface area contributed by atoms with Crippen molar-refractivity contribution in [3.8, 4) is 0 Å². The number of hydrogen-bond acceptors (Lipinski definition) is 8. The molecule has 0 spiro atoms. The van der Waals surface area contributed by atoms with E-state index in [1.165, 1.54) is 0 Å². The van der Waals surface area contributed by atoms with Gasteiger partial charge in [-0.2, -0.15) is 15.4 Å². The minimum atomic E-state index is -0.989. The summed E-state index contributed by atoms with van der Waals surface area (Å²) in [5.41, 5.74) is 0.752. The monoisotopic (exact) mass is 333 g/mol. The SMILES string of the molecule is O=C(O)COCCOCCOCCOCCOCc1cn[nH]n1. The number of carbonyl (C=O) groups is 1. The smallest absolute Gasteiger partial charge is 0.329 e. The van der Waals surface area contributed by atoms with Crippen LogP contribution in [0.2, 0.25) is 0 Å². The van der Waals surface area contributed by atoms with E-state index in [0.29, 0.717) is 52.9 Å². The van der Waals surface area contributed by atoms with Crippen LogP contribution in [0.3, 0.4) is 0 Å². The van der Waals surface area contributed by atoms with Gasteiger partial charge in [0.25, 0.3) is 0 Å². The maximum absolute atomic E-state index is 10.2. The van der Waals surface area contributed by atoms with Gasteiger partial charge in [0.15, 0.2) is 0 Å². The summed E-state index contributed by atoms with van der Waals surface area (Å²) < 4.78 is 25.9. The average molecular weight is 333 g/mol. The Labute approximate surface area is 134 Å². The van der Waals surface area contributed by atoms with E-state index in [9.17, 15) is 4.79 Å². The molecule has 0 aliphatic rings. The van der Waals surface area contributed by atoms with Crippen LogP contribution in [0.5, 0.6) is 0 Å². The van der Waals surface area contributed by atoms with Gasteiger partial charge < -0.3 is 28.8 Å². The van der Waals surface area contributed by atoms with Crippen molar-refractivity contribution in [1.29, 1.82) is 0 Å². The van der Waals surface area contributed by atoms with E-state index in [1.54, 1.807) is 6.20 Å². The van der Waals surface area contributed by atoms with Crippen molar-refractivity contribution in [3.63, 3.8) is 0 Å². The highest BCUT2D eigenvalue weighted by atomic mass is 16.6. The number of aromatic amines is 1. The molecule has 2 N–H and O–H groups in total. The lowest BCUT2D eigenvalue weighted by Crippen LogP contribution is -2.14. The van der Waals surface area contributed by atoms with Crippen molar-refractivity contribution < 1.29 is 33.6 Å². The third-order valence-electron chi connectivity index (χ3n) is 2.43. The van der Waals surface area contributed by atoms with Crippen LogP contribution < -0.4 is 0 Å². The molecule has 0 atom stereocenters. The number of rotatable bonds is 16. The largest absolute Gasteiger partial charge is 0.480 e. The van der Waals surface area contributed by atoms with Gasteiger partial charge in [0.2, 0.25) is 0 Å². The zero-order valence-electron chi connectivity index (χ0n) is 12.9. The van der Waals surface area contributed by atoms with E-state index in [2.05, 4.69) is 15.4 Å². The predicted octanol–water partition coefficient (Wildman–Crippen LogP) is -0.528. The second-order valence-corrected chi connectivity index (χ2v) is 4.30. The first kappa shape index (κ1) is 19.5. The van der Waals surface area contributed by atoms with Gasteiger partial charge >= 0.3 is 5.97 Å². The van der Waals surface area contributed by atoms with Crippen LogP contribution in [0, 0.1) is 0 Å². The third kappa shape index (κ3) is 12.6. The van der Waals surface area contributed by atoms with Crippen LogP contribution in [0.4, 0.5) is 0 Å². The molecule has 0 saturated heterocycles. The Hall–Kier alpha value is -1.59. The summed E-state index contributed by atoms with van der Waals surface area (Å²) in [4.78, 5) is 10.2. The molecule has 10 heteroatoms. The Morgan fingerprint density at radius 3 is 1.91 bits per heavy atom. The van der Waals surface area contributed by atoms with Crippen LogP contribution >= 0.6 is 0 Å². The highest BCUT2D eigenvalue weighted by Crippen LogP contribution is 1.92. The number of hydrogen-bond donors (Lipinski definition) is 2. The quantitative estimate of drug-likeness (QED) is 0.384. The lowest BCUT2D eigenvalue weighted by molar-refractivity contribution is -0.142. The number of carboxylic acid groups (broad SMARTS) is 1. The van der Waals surface area contributed by atoms with Gasteiger partial charge in [-0.15, -0.1) is 0 Å². The Balaban J connectivity index is 1.69. The molecule has 0 bridgehead atoms. The third-order valence-corrected chi connectivity index (χ3v) is 2.43. The molecule has 1 heterocycles. The first-order valence-corrected chi connectivity index (χ1v) is 7.24. The molecule has 0 amide bonds. The van der Waals surface area contributed by atoms with Gasteiger partial charge in [-0.1, -0.05) is 0 Å². The summed E-state index contributed by atoms with van der Waals surface area (Å²) >= 11 is 0. The summed E-state index contributed by atoms with van der Waals surface area (Å²) in [5, 5.41) is 18.4. The molecular weight excluding hydrogens is 310 g/mol. The second kappa shape index (κ2) is 14.0. The minimum Gasteiger partial charge on any atom is -0.480 e. The fraction of sp³-hybridized carbons (Fsp3) is 0.769. The van der Waals surface area contributed by atoms with Crippen molar-refractivity contribution in [2.45, 2.75) is 6.61 Å². The summed E-state index contributed by atoms with van der Waals surface area (Å²) in [6.07, 6.45) is 1.61. The number of nitrogens with one attached hydrogen (secondary N) is 1. The second-order valence-electron chi connectivity index (χ2n) is 4.30. The molecule has 23 heavy (non-hydrogen) atoms. The van der Waals surface area contributed by atoms with E-state index < -0.39 is 5.97 Å². The number of aliphatic carboxylic acids is 1. The maximum Gasteiger partial charge on any atom is 0.329 e. The first-order valence-electron chi connectivity index (χ1n) is 7.24. The number of ether oxygens (including phenoxy) is 5.